The lowest BCUT2D eigenvalue weighted by Gasteiger charge is -2.32. The smallest absolute Gasteiger partial charge is 0.193 e. The molecule has 3 heteroatoms. The molecule has 1 atom stereocenters. The van der Waals surface area contributed by atoms with Crippen LogP contribution < -0.4 is 4.74 Å². The molecule has 0 aromatic heterocycles. The second kappa shape index (κ2) is 7.51. The lowest BCUT2D eigenvalue weighted by atomic mass is 10.1. The summed E-state index contributed by atoms with van der Waals surface area (Å²) in [6.07, 6.45) is 1.90. The molecule has 1 unspecified atom stereocenters. The third-order valence-electron chi connectivity index (χ3n) is 3.97. The van der Waals surface area contributed by atoms with Crippen molar-refractivity contribution in [3.8, 4) is 5.75 Å². The van der Waals surface area contributed by atoms with Gasteiger partial charge in [-0.15, -0.1) is 6.58 Å². The zero-order valence-electron chi connectivity index (χ0n) is 12.6. The Kier molecular flexibility index (Phi) is 6.32. The van der Waals surface area contributed by atoms with Crippen LogP contribution >= 0.6 is 0 Å². The van der Waals surface area contributed by atoms with Gasteiger partial charge in [-0.1, -0.05) is 39.0 Å². The van der Waals surface area contributed by atoms with Gasteiger partial charge in [0.1, 0.15) is 5.75 Å². The summed E-state index contributed by atoms with van der Waals surface area (Å²) in [4.78, 5) is 0. The van der Waals surface area contributed by atoms with Crippen LogP contribution in [-0.2, 0) is 4.43 Å². The van der Waals surface area contributed by atoms with E-state index in [9.17, 15) is 0 Å². The van der Waals surface area contributed by atoms with Crippen LogP contribution in [0.25, 0.3) is 0 Å². The van der Waals surface area contributed by atoms with Crippen molar-refractivity contribution >= 4 is 8.32 Å². The van der Waals surface area contributed by atoms with Gasteiger partial charge >= 0.3 is 0 Å². The molecule has 0 saturated heterocycles. The average Bonchev–Trinajstić information content (AvgIpc) is 2.50. The molecule has 0 fully saturated rings. The quantitative estimate of drug-likeness (QED) is 0.495. The summed E-state index contributed by atoms with van der Waals surface area (Å²) in [5.41, 5.74) is 1.16. The van der Waals surface area contributed by atoms with Gasteiger partial charge in [0.05, 0.1) is 13.2 Å². The summed E-state index contributed by atoms with van der Waals surface area (Å²) in [5, 5.41) is 0. The van der Waals surface area contributed by atoms with E-state index < -0.39 is 8.32 Å². The first-order valence-electron chi connectivity index (χ1n) is 7.09. The second-order valence-electron chi connectivity index (χ2n) is 4.79. The summed E-state index contributed by atoms with van der Waals surface area (Å²) in [6, 6.07) is 11.5. The van der Waals surface area contributed by atoms with Gasteiger partial charge < -0.3 is 9.16 Å². The molecule has 0 heterocycles. The molecule has 106 valence electrons. The van der Waals surface area contributed by atoms with Crippen LogP contribution in [0.4, 0.5) is 0 Å². The highest BCUT2D eigenvalue weighted by molar-refractivity contribution is 6.73. The normalized spacial score (nSPS) is 13.1. The maximum Gasteiger partial charge on any atom is 0.193 e. The maximum atomic E-state index is 6.47. The van der Waals surface area contributed by atoms with Crippen molar-refractivity contribution in [1.29, 1.82) is 0 Å². The lowest BCUT2D eigenvalue weighted by molar-refractivity contribution is 0.238. The molecule has 2 nitrogen and oxygen atoms in total. The first-order valence-corrected chi connectivity index (χ1v) is 9.62. The highest BCUT2D eigenvalue weighted by Crippen LogP contribution is 2.31. The van der Waals surface area contributed by atoms with E-state index in [2.05, 4.69) is 39.5 Å². The number of benzene rings is 1. The fraction of sp³-hybridized carbons (Fsp3) is 0.500. The minimum atomic E-state index is -1.61. The van der Waals surface area contributed by atoms with Gasteiger partial charge in [-0.3, -0.25) is 0 Å². The van der Waals surface area contributed by atoms with E-state index in [1.54, 1.807) is 7.11 Å². The van der Waals surface area contributed by atoms with Gasteiger partial charge in [0.25, 0.3) is 0 Å². The Morgan fingerprint density at radius 3 is 2.00 bits per heavy atom. The maximum absolute atomic E-state index is 6.47. The zero-order valence-corrected chi connectivity index (χ0v) is 13.6. The van der Waals surface area contributed by atoms with Gasteiger partial charge in [-0.05, 0) is 35.8 Å². The van der Waals surface area contributed by atoms with Crippen molar-refractivity contribution < 1.29 is 9.16 Å². The Bertz CT molecular complexity index is 374. The third-order valence-corrected chi connectivity index (χ3v) is 8.59. The number of methoxy groups -OCH3 is 1. The molecule has 0 N–H and O–H groups in total. The first-order chi connectivity index (χ1) is 9.14. The van der Waals surface area contributed by atoms with Crippen LogP contribution in [0, 0.1) is 0 Å². The average molecular weight is 278 g/mol. The molecule has 0 saturated carbocycles. The SMILES string of the molecule is C=CC(O[Si](CC)(CC)CC)c1ccc(OC)cc1. The fourth-order valence-electron chi connectivity index (χ4n) is 2.32. The van der Waals surface area contributed by atoms with E-state index in [1.807, 2.05) is 18.2 Å². The summed E-state index contributed by atoms with van der Waals surface area (Å²) < 4.78 is 11.7. The van der Waals surface area contributed by atoms with Crippen molar-refractivity contribution in [2.24, 2.45) is 0 Å². The van der Waals surface area contributed by atoms with Crippen molar-refractivity contribution in [1.82, 2.24) is 0 Å². The Morgan fingerprint density at radius 1 is 1.11 bits per heavy atom. The predicted molar refractivity (Wildman–Crippen MR) is 84.2 cm³/mol. The van der Waals surface area contributed by atoms with E-state index >= 15 is 0 Å². The molecule has 0 aliphatic heterocycles. The van der Waals surface area contributed by atoms with Crippen LogP contribution in [-0.4, -0.2) is 15.4 Å². The third kappa shape index (κ3) is 3.95. The Balaban J connectivity index is 2.90. The highest BCUT2D eigenvalue weighted by Gasteiger charge is 2.31. The van der Waals surface area contributed by atoms with Gasteiger partial charge in [0, 0.05) is 0 Å². The molecule has 0 bridgehead atoms. The van der Waals surface area contributed by atoms with E-state index in [4.69, 9.17) is 9.16 Å². The summed E-state index contributed by atoms with van der Waals surface area (Å²) in [7, 11) is 0.0716. The number of hydrogen-bond acceptors (Lipinski definition) is 2. The number of hydrogen-bond donors (Lipinski definition) is 0. The van der Waals surface area contributed by atoms with Crippen LogP contribution in [0.2, 0.25) is 18.1 Å². The molecule has 1 aromatic rings. The molecule has 0 radical (unpaired) electrons. The molecule has 19 heavy (non-hydrogen) atoms. The van der Waals surface area contributed by atoms with E-state index in [0.717, 1.165) is 29.4 Å². The predicted octanol–water partition coefficient (Wildman–Crippen LogP) is 4.94. The molecule has 0 aliphatic rings. The summed E-state index contributed by atoms with van der Waals surface area (Å²) >= 11 is 0. The zero-order chi connectivity index (χ0) is 14.3. The van der Waals surface area contributed by atoms with Gasteiger partial charge in [-0.25, -0.2) is 0 Å². The molecule has 0 spiro atoms. The largest absolute Gasteiger partial charge is 0.497 e. The molecule has 1 rings (SSSR count). The first kappa shape index (κ1) is 16.0. The van der Waals surface area contributed by atoms with Gasteiger partial charge in [0.15, 0.2) is 8.32 Å². The van der Waals surface area contributed by atoms with Crippen molar-refractivity contribution in [3.05, 3.63) is 42.5 Å². The van der Waals surface area contributed by atoms with Crippen LogP contribution in [0.1, 0.15) is 32.4 Å². The van der Waals surface area contributed by atoms with Crippen molar-refractivity contribution in [2.45, 2.75) is 45.0 Å². The van der Waals surface area contributed by atoms with Crippen molar-refractivity contribution in [3.63, 3.8) is 0 Å². The monoisotopic (exact) mass is 278 g/mol. The highest BCUT2D eigenvalue weighted by atomic mass is 28.4. The van der Waals surface area contributed by atoms with E-state index in [-0.39, 0.29) is 6.10 Å². The fourth-order valence-corrected chi connectivity index (χ4v) is 5.09. The van der Waals surface area contributed by atoms with Crippen LogP contribution in [0.5, 0.6) is 5.75 Å². The standard InChI is InChI=1S/C16H26O2Si/c1-6-16(18-19(7-2,8-3)9-4)14-10-12-15(17-5)13-11-14/h6,10-13,16H,1,7-9H2,2-5H3. The van der Waals surface area contributed by atoms with Gasteiger partial charge in [0.2, 0.25) is 0 Å². The lowest BCUT2D eigenvalue weighted by Crippen LogP contribution is -2.36. The summed E-state index contributed by atoms with van der Waals surface area (Å²) in [6.45, 7) is 10.7. The molecular weight excluding hydrogens is 252 g/mol. The minimum absolute atomic E-state index is 0.00239. The van der Waals surface area contributed by atoms with Gasteiger partial charge in [-0.2, -0.15) is 0 Å². The molecule has 1 aromatic carbocycles. The van der Waals surface area contributed by atoms with Crippen molar-refractivity contribution in [2.75, 3.05) is 7.11 Å². The Morgan fingerprint density at radius 2 is 1.63 bits per heavy atom. The molecular formula is C16H26O2Si. The Labute approximate surface area is 118 Å². The second-order valence-corrected chi connectivity index (χ2v) is 9.51. The summed E-state index contributed by atoms with van der Waals surface area (Å²) in [5.74, 6) is 0.872. The van der Waals surface area contributed by atoms with E-state index in [1.165, 1.54) is 0 Å². The van der Waals surface area contributed by atoms with Crippen LogP contribution in [0.15, 0.2) is 36.9 Å². The van der Waals surface area contributed by atoms with E-state index in [0.29, 0.717) is 0 Å². The number of rotatable bonds is 8. The molecule has 0 aliphatic carbocycles. The topological polar surface area (TPSA) is 18.5 Å². The van der Waals surface area contributed by atoms with Crippen LogP contribution in [0.3, 0.4) is 0 Å². The minimum Gasteiger partial charge on any atom is -0.497 e. The Hall–Kier alpha value is -1.06. The number of ether oxygens (including phenoxy) is 1. The molecule has 0 amide bonds.